The van der Waals surface area contributed by atoms with Gasteiger partial charge in [-0.05, 0) is 52.6 Å². The molecule has 0 radical (unpaired) electrons. The molecule has 0 bridgehead atoms. The third-order valence-corrected chi connectivity index (χ3v) is 6.50. The lowest BCUT2D eigenvalue weighted by molar-refractivity contribution is 0.661. The van der Waals surface area contributed by atoms with Crippen molar-refractivity contribution in [2.45, 2.75) is 19.3 Å². The number of hydrogen-bond donors (Lipinski definition) is 0. The van der Waals surface area contributed by atoms with Gasteiger partial charge in [-0.1, -0.05) is 49.7 Å². The first-order chi connectivity index (χ1) is 11.1. The van der Waals surface area contributed by atoms with Crippen molar-refractivity contribution < 1.29 is 0 Å². The summed E-state index contributed by atoms with van der Waals surface area (Å²) in [5.74, 6) is 0. The number of fused-ring (bicyclic) bond motifs is 6. The second-order valence-electron chi connectivity index (χ2n) is 6.81. The van der Waals surface area contributed by atoms with Crippen LogP contribution in [0.25, 0.3) is 31.3 Å². The molecule has 0 saturated carbocycles. The second kappa shape index (κ2) is 4.37. The van der Waals surface area contributed by atoms with Gasteiger partial charge < -0.3 is 0 Å². The predicted octanol–water partition coefficient (Wildman–Crippen LogP) is 7.01. The molecule has 1 heterocycles. The average Bonchev–Trinajstić information content (AvgIpc) is 3.00. The number of hydrogen-bond acceptors (Lipinski definition) is 1. The SMILES string of the molecule is CC1(C)c2cc(Cl)ccc2-c2cc3c(cc21)sc1ccccc13. The minimum Gasteiger partial charge on any atom is -0.135 e. The van der Waals surface area contributed by atoms with Gasteiger partial charge in [0.2, 0.25) is 0 Å². The van der Waals surface area contributed by atoms with Gasteiger partial charge >= 0.3 is 0 Å². The van der Waals surface area contributed by atoms with Crippen molar-refractivity contribution in [3.8, 4) is 11.1 Å². The van der Waals surface area contributed by atoms with Crippen molar-refractivity contribution in [1.29, 1.82) is 0 Å². The van der Waals surface area contributed by atoms with Crippen molar-refractivity contribution in [3.63, 3.8) is 0 Å². The lowest BCUT2D eigenvalue weighted by Gasteiger charge is -2.21. The van der Waals surface area contributed by atoms with E-state index in [-0.39, 0.29) is 5.41 Å². The quantitative estimate of drug-likeness (QED) is 0.324. The number of rotatable bonds is 0. The second-order valence-corrected chi connectivity index (χ2v) is 8.33. The molecule has 4 aromatic rings. The molecule has 0 fully saturated rings. The zero-order valence-corrected chi connectivity index (χ0v) is 14.6. The van der Waals surface area contributed by atoms with Gasteiger partial charge in [0.05, 0.1) is 0 Å². The molecule has 0 spiro atoms. The standard InChI is InChI=1S/C21H15ClS/c1-21(2)17-9-12(22)7-8-13(17)15-10-16-14-5-3-4-6-19(14)23-20(16)11-18(15)21/h3-11H,1-2H3. The monoisotopic (exact) mass is 334 g/mol. The van der Waals surface area contributed by atoms with E-state index < -0.39 is 0 Å². The maximum absolute atomic E-state index is 6.26. The molecule has 0 N–H and O–H groups in total. The molecule has 0 nitrogen and oxygen atoms in total. The summed E-state index contributed by atoms with van der Waals surface area (Å²) in [4.78, 5) is 0. The molecular formula is C21H15ClS. The maximum Gasteiger partial charge on any atom is 0.0409 e. The van der Waals surface area contributed by atoms with Crippen LogP contribution in [0.2, 0.25) is 5.02 Å². The molecule has 5 rings (SSSR count). The molecule has 0 aliphatic heterocycles. The molecule has 0 amide bonds. The molecule has 1 aliphatic carbocycles. The Morgan fingerprint density at radius 2 is 1.57 bits per heavy atom. The highest BCUT2D eigenvalue weighted by molar-refractivity contribution is 7.25. The van der Waals surface area contributed by atoms with Gasteiger partial charge in [-0.3, -0.25) is 0 Å². The topological polar surface area (TPSA) is 0 Å². The van der Waals surface area contributed by atoms with Gasteiger partial charge in [0.15, 0.2) is 0 Å². The highest BCUT2D eigenvalue weighted by Gasteiger charge is 2.36. The molecule has 1 aliphatic rings. The zero-order chi connectivity index (χ0) is 15.8. The van der Waals surface area contributed by atoms with E-state index in [0.717, 1.165) is 5.02 Å². The van der Waals surface area contributed by atoms with Gasteiger partial charge in [-0.25, -0.2) is 0 Å². The van der Waals surface area contributed by atoms with Gasteiger partial charge in [0.1, 0.15) is 0 Å². The fourth-order valence-corrected chi connectivity index (χ4v) is 5.22. The van der Waals surface area contributed by atoms with Crippen LogP contribution in [0.15, 0.2) is 54.6 Å². The van der Waals surface area contributed by atoms with Crippen LogP contribution < -0.4 is 0 Å². The Morgan fingerprint density at radius 1 is 0.783 bits per heavy atom. The predicted molar refractivity (Wildman–Crippen MR) is 102 cm³/mol. The minimum atomic E-state index is -0.0000683. The van der Waals surface area contributed by atoms with E-state index in [0.29, 0.717) is 0 Å². The number of halogens is 1. The van der Waals surface area contributed by atoms with Crippen LogP contribution in [-0.4, -0.2) is 0 Å². The van der Waals surface area contributed by atoms with Crippen LogP contribution in [0.4, 0.5) is 0 Å². The van der Waals surface area contributed by atoms with Crippen molar-refractivity contribution in [2.24, 2.45) is 0 Å². The summed E-state index contributed by atoms with van der Waals surface area (Å²) < 4.78 is 2.73. The number of thiophene rings is 1. The Labute approximate surface area is 144 Å². The lowest BCUT2D eigenvalue weighted by Crippen LogP contribution is -2.14. The Bertz CT molecular complexity index is 1100. The maximum atomic E-state index is 6.26. The fourth-order valence-electron chi connectivity index (χ4n) is 3.92. The average molecular weight is 335 g/mol. The summed E-state index contributed by atoms with van der Waals surface area (Å²) in [5, 5.41) is 3.54. The van der Waals surface area contributed by atoms with E-state index in [1.54, 1.807) is 0 Å². The van der Waals surface area contributed by atoms with Crippen LogP contribution in [-0.2, 0) is 5.41 Å². The Balaban J connectivity index is 1.93. The first-order valence-corrected chi connectivity index (χ1v) is 9.01. The molecule has 2 heteroatoms. The van der Waals surface area contributed by atoms with Crippen LogP contribution in [0.1, 0.15) is 25.0 Å². The molecule has 0 unspecified atom stereocenters. The normalized spacial score (nSPS) is 15.1. The zero-order valence-electron chi connectivity index (χ0n) is 13.0. The van der Waals surface area contributed by atoms with Crippen molar-refractivity contribution >= 4 is 43.1 Å². The number of benzene rings is 3. The molecule has 3 aromatic carbocycles. The van der Waals surface area contributed by atoms with E-state index in [1.165, 1.54) is 42.4 Å². The molecule has 0 saturated heterocycles. The van der Waals surface area contributed by atoms with E-state index in [2.05, 4.69) is 62.4 Å². The van der Waals surface area contributed by atoms with Crippen molar-refractivity contribution in [1.82, 2.24) is 0 Å². The fraction of sp³-hybridized carbons (Fsp3) is 0.143. The molecule has 23 heavy (non-hydrogen) atoms. The molecule has 1 aromatic heterocycles. The summed E-state index contributed by atoms with van der Waals surface area (Å²) in [6.07, 6.45) is 0. The van der Waals surface area contributed by atoms with Crippen LogP contribution in [0, 0.1) is 0 Å². The van der Waals surface area contributed by atoms with Crippen LogP contribution >= 0.6 is 22.9 Å². The van der Waals surface area contributed by atoms with Crippen molar-refractivity contribution in [2.75, 3.05) is 0 Å². The first-order valence-electron chi connectivity index (χ1n) is 7.82. The van der Waals surface area contributed by atoms with E-state index in [1.807, 2.05) is 17.4 Å². The highest BCUT2D eigenvalue weighted by Crippen LogP contribution is 2.51. The van der Waals surface area contributed by atoms with Gasteiger partial charge in [-0.15, -0.1) is 11.3 Å². The smallest absolute Gasteiger partial charge is 0.0409 e. The van der Waals surface area contributed by atoms with Crippen molar-refractivity contribution in [3.05, 3.63) is 70.7 Å². The third-order valence-electron chi connectivity index (χ3n) is 5.14. The van der Waals surface area contributed by atoms with E-state index >= 15 is 0 Å². The van der Waals surface area contributed by atoms with Crippen LogP contribution in [0.3, 0.4) is 0 Å². The molecule has 0 atom stereocenters. The van der Waals surface area contributed by atoms with E-state index in [9.17, 15) is 0 Å². The summed E-state index contributed by atoms with van der Waals surface area (Å²) >= 11 is 8.14. The largest absolute Gasteiger partial charge is 0.135 e. The summed E-state index contributed by atoms with van der Waals surface area (Å²) in [6.45, 7) is 4.60. The minimum absolute atomic E-state index is 0.0000683. The van der Waals surface area contributed by atoms with Crippen LogP contribution in [0.5, 0.6) is 0 Å². The first kappa shape index (κ1) is 13.6. The van der Waals surface area contributed by atoms with Gasteiger partial charge in [0, 0.05) is 30.6 Å². The summed E-state index contributed by atoms with van der Waals surface area (Å²) in [7, 11) is 0. The summed E-state index contributed by atoms with van der Waals surface area (Å²) in [6, 6.07) is 19.8. The Kier molecular flexibility index (Phi) is 2.58. The highest BCUT2D eigenvalue weighted by atomic mass is 35.5. The van der Waals surface area contributed by atoms with Gasteiger partial charge in [0.25, 0.3) is 0 Å². The lowest BCUT2D eigenvalue weighted by atomic mass is 9.82. The Morgan fingerprint density at radius 3 is 2.43 bits per heavy atom. The molecule has 112 valence electrons. The van der Waals surface area contributed by atoms with Gasteiger partial charge in [-0.2, -0.15) is 0 Å². The van der Waals surface area contributed by atoms with E-state index in [4.69, 9.17) is 11.6 Å². The molecular weight excluding hydrogens is 320 g/mol. The summed E-state index contributed by atoms with van der Waals surface area (Å²) in [5.41, 5.74) is 5.43. The third kappa shape index (κ3) is 1.72. The Hall–Kier alpha value is -1.83.